The third kappa shape index (κ3) is 6.80. The average Bonchev–Trinajstić information content (AvgIpc) is 2.49. The van der Waals surface area contributed by atoms with Crippen LogP contribution in [0.1, 0.15) is 51.0 Å². The summed E-state index contributed by atoms with van der Waals surface area (Å²) in [7, 11) is 3.37. The smallest absolute Gasteiger partial charge is 0.122 e. The molecule has 0 spiro atoms. The number of ether oxygens (including phenoxy) is 2. The number of rotatable bonds is 11. The zero-order valence-corrected chi connectivity index (χ0v) is 13.2. The molecule has 0 fully saturated rings. The van der Waals surface area contributed by atoms with Gasteiger partial charge in [-0.3, -0.25) is 0 Å². The minimum atomic E-state index is 0.848. The van der Waals surface area contributed by atoms with Gasteiger partial charge in [0.15, 0.2) is 0 Å². The Balaban J connectivity index is 2.21. The first-order valence-corrected chi connectivity index (χ1v) is 7.72. The lowest BCUT2D eigenvalue weighted by Gasteiger charge is -2.09. The van der Waals surface area contributed by atoms with Crippen LogP contribution in [0.2, 0.25) is 0 Å². The standard InChI is InChI=1S/C17H29NO2/c1-4-5-6-7-8-9-10-18-14-15-11-16(19-2)13-17(12-15)20-3/h11-13,18H,4-10,14H2,1-3H3. The van der Waals surface area contributed by atoms with Gasteiger partial charge in [-0.15, -0.1) is 0 Å². The Hall–Kier alpha value is -1.22. The number of methoxy groups -OCH3 is 2. The predicted molar refractivity (Wildman–Crippen MR) is 84.6 cm³/mol. The molecule has 0 amide bonds. The zero-order chi connectivity index (χ0) is 14.6. The van der Waals surface area contributed by atoms with E-state index in [1.54, 1.807) is 14.2 Å². The molecule has 0 aromatic heterocycles. The molecule has 0 saturated heterocycles. The number of hydrogen-bond acceptors (Lipinski definition) is 3. The van der Waals surface area contributed by atoms with Crippen LogP contribution in [0.3, 0.4) is 0 Å². The largest absolute Gasteiger partial charge is 0.497 e. The van der Waals surface area contributed by atoms with E-state index in [-0.39, 0.29) is 0 Å². The summed E-state index contributed by atoms with van der Waals surface area (Å²) in [5.74, 6) is 1.70. The SMILES string of the molecule is CCCCCCCCNCc1cc(OC)cc(OC)c1. The molecule has 1 aromatic carbocycles. The van der Waals surface area contributed by atoms with Gasteiger partial charge in [-0.2, -0.15) is 0 Å². The van der Waals surface area contributed by atoms with E-state index in [1.165, 1.54) is 44.1 Å². The molecule has 0 aliphatic rings. The van der Waals surface area contributed by atoms with Crippen LogP contribution in [-0.2, 0) is 6.54 Å². The van der Waals surface area contributed by atoms with Crippen molar-refractivity contribution in [1.29, 1.82) is 0 Å². The molecule has 3 nitrogen and oxygen atoms in total. The first kappa shape index (κ1) is 16.8. The fourth-order valence-corrected chi connectivity index (χ4v) is 2.23. The lowest BCUT2D eigenvalue weighted by atomic mass is 10.1. The Labute approximate surface area is 123 Å². The van der Waals surface area contributed by atoms with Crippen molar-refractivity contribution in [3.8, 4) is 11.5 Å². The third-order valence-electron chi connectivity index (χ3n) is 3.45. The monoisotopic (exact) mass is 279 g/mol. The number of nitrogens with one attached hydrogen (secondary N) is 1. The molecule has 0 atom stereocenters. The fraction of sp³-hybridized carbons (Fsp3) is 0.647. The van der Waals surface area contributed by atoms with E-state index >= 15 is 0 Å². The van der Waals surface area contributed by atoms with E-state index in [1.807, 2.05) is 6.07 Å². The highest BCUT2D eigenvalue weighted by atomic mass is 16.5. The second-order valence-electron chi connectivity index (χ2n) is 5.17. The maximum absolute atomic E-state index is 5.27. The van der Waals surface area contributed by atoms with Crippen LogP contribution in [0, 0.1) is 0 Å². The van der Waals surface area contributed by atoms with Gasteiger partial charge in [0, 0.05) is 12.6 Å². The molecule has 0 bridgehead atoms. The predicted octanol–water partition coefficient (Wildman–Crippen LogP) is 4.15. The Morgan fingerprint density at radius 2 is 1.45 bits per heavy atom. The van der Waals surface area contributed by atoms with Crippen molar-refractivity contribution < 1.29 is 9.47 Å². The second kappa shape index (κ2) is 10.6. The number of benzene rings is 1. The maximum atomic E-state index is 5.27. The van der Waals surface area contributed by atoms with Crippen molar-refractivity contribution in [3.05, 3.63) is 23.8 Å². The average molecular weight is 279 g/mol. The summed E-state index contributed by atoms with van der Waals surface area (Å²) in [6, 6.07) is 6.00. The highest BCUT2D eigenvalue weighted by Gasteiger charge is 2.01. The summed E-state index contributed by atoms with van der Waals surface area (Å²) in [5.41, 5.74) is 1.20. The van der Waals surface area contributed by atoms with Gasteiger partial charge in [0.1, 0.15) is 11.5 Å². The van der Waals surface area contributed by atoms with E-state index in [2.05, 4.69) is 24.4 Å². The highest BCUT2D eigenvalue weighted by molar-refractivity contribution is 5.38. The van der Waals surface area contributed by atoms with Crippen molar-refractivity contribution in [3.63, 3.8) is 0 Å². The van der Waals surface area contributed by atoms with Gasteiger partial charge in [-0.1, -0.05) is 39.0 Å². The van der Waals surface area contributed by atoms with Gasteiger partial charge in [0.05, 0.1) is 14.2 Å². The topological polar surface area (TPSA) is 30.5 Å². The van der Waals surface area contributed by atoms with Gasteiger partial charge in [0.2, 0.25) is 0 Å². The van der Waals surface area contributed by atoms with E-state index in [0.717, 1.165) is 24.6 Å². The summed E-state index contributed by atoms with van der Waals surface area (Å²) < 4.78 is 10.5. The maximum Gasteiger partial charge on any atom is 0.122 e. The molecule has 1 aromatic rings. The molecule has 0 aliphatic heterocycles. The Morgan fingerprint density at radius 3 is 2.05 bits per heavy atom. The van der Waals surface area contributed by atoms with Gasteiger partial charge in [0.25, 0.3) is 0 Å². The zero-order valence-electron chi connectivity index (χ0n) is 13.2. The van der Waals surface area contributed by atoms with Gasteiger partial charge in [-0.05, 0) is 30.7 Å². The molecule has 20 heavy (non-hydrogen) atoms. The molecule has 114 valence electrons. The molecule has 0 heterocycles. The number of hydrogen-bond donors (Lipinski definition) is 1. The highest BCUT2D eigenvalue weighted by Crippen LogP contribution is 2.22. The van der Waals surface area contributed by atoms with Crippen molar-refractivity contribution in [1.82, 2.24) is 5.32 Å². The van der Waals surface area contributed by atoms with E-state index in [4.69, 9.17) is 9.47 Å². The van der Waals surface area contributed by atoms with Crippen molar-refractivity contribution in [2.45, 2.75) is 52.0 Å². The van der Waals surface area contributed by atoms with Gasteiger partial charge < -0.3 is 14.8 Å². The first-order valence-electron chi connectivity index (χ1n) is 7.72. The summed E-state index contributed by atoms with van der Waals surface area (Å²) in [6.45, 7) is 4.19. The van der Waals surface area contributed by atoms with E-state index in [9.17, 15) is 0 Å². The van der Waals surface area contributed by atoms with Gasteiger partial charge >= 0.3 is 0 Å². The molecule has 0 radical (unpaired) electrons. The van der Waals surface area contributed by atoms with E-state index < -0.39 is 0 Å². The van der Waals surface area contributed by atoms with E-state index in [0.29, 0.717) is 0 Å². The minimum absolute atomic E-state index is 0.848. The lowest BCUT2D eigenvalue weighted by Crippen LogP contribution is -2.14. The molecular formula is C17H29NO2. The molecule has 1 rings (SSSR count). The molecule has 3 heteroatoms. The Morgan fingerprint density at radius 1 is 0.850 bits per heavy atom. The van der Waals surface area contributed by atoms with Crippen LogP contribution in [0.25, 0.3) is 0 Å². The quantitative estimate of drug-likeness (QED) is 0.617. The van der Waals surface area contributed by atoms with Crippen LogP contribution in [0.15, 0.2) is 18.2 Å². The summed E-state index contributed by atoms with van der Waals surface area (Å²) in [6.07, 6.45) is 8.01. The van der Waals surface area contributed by atoms with Crippen molar-refractivity contribution in [2.75, 3.05) is 20.8 Å². The molecule has 0 saturated carbocycles. The molecular weight excluding hydrogens is 250 g/mol. The van der Waals surface area contributed by atoms with Crippen molar-refractivity contribution in [2.24, 2.45) is 0 Å². The first-order chi connectivity index (χ1) is 9.80. The molecule has 0 unspecified atom stereocenters. The summed E-state index contributed by atoms with van der Waals surface area (Å²) in [5, 5.41) is 3.48. The fourth-order valence-electron chi connectivity index (χ4n) is 2.23. The van der Waals surface area contributed by atoms with Crippen molar-refractivity contribution >= 4 is 0 Å². The van der Waals surface area contributed by atoms with Crippen LogP contribution in [0.4, 0.5) is 0 Å². The minimum Gasteiger partial charge on any atom is -0.497 e. The lowest BCUT2D eigenvalue weighted by molar-refractivity contribution is 0.393. The number of unbranched alkanes of at least 4 members (excludes halogenated alkanes) is 5. The summed E-state index contributed by atoms with van der Waals surface area (Å²) >= 11 is 0. The Bertz CT molecular complexity index is 344. The van der Waals surface area contributed by atoms with Crippen LogP contribution in [-0.4, -0.2) is 20.8 Å². The molecule has 1 N–H and O–H groups in total. The second-order valence-corrected chi connectivity index (χ2v) is 5.17. The Kier molecular flexibility index (Phi) is 8.88. The molecule has 0 aliphatic carbocycles. The van der Waals surface area contributed by atoms with Gasteiger partial charge in [-0.25, -0.2) is 0 Å². The third-order valence-corrected chi connectivity index (χ3v) is 3.45. The van der Waals surface area contributed by atoms with Crippen LogP contribution < -0.4 is 14.8 Å². The van der Waals surface area contributed by atoms with Crippen LogP contribution >= 0.6 is 0 Å². The van der Waals surface area contributed by atoms with Crippen LogP contribution in [0.5, 0.6) is 11.5 Å². The summed E-state index contributed by atoms with van der Waals surface area (Å²) in [4.78, 5) is 0. The normalized spacial score (nSPS) is 10.6.